The van der Waals surface area contributed by atoms with E-state index in [4.69, 9.17) is 5.11 Å². The topological polar surface area (TPSA) is 59.3 Å². The van der Waals surface area contributed by atoms with Crippen LogP contribution in [0.25, 0.3) is 10.9 Å². The predicted octanol–water partition coefficient (Wildman–Crippen LogP) is 2.25. The Morgan fingerprint density at radius 1 is 1.39 bits per heavy atom. The maximum absolute atomic E-state index is 13.9. The van der Waals surface area contributed by atoms with Crippen molar-refractivity contribution in [1.29, 1.82) is 0 Å². The molecule has 0 fully saturated rings. The van der Waals surface area contributed by atoms with Crippen molar-refractivity contribution in [3.8, 4) is 0 Å². The van der Waals surface area contributed by atoms with Crippen LogP contribution < -0.4 is 5.56 Å². The first kappa shape index (κ1) is 12.3. The van der Waals surface area contributed by atoms with Gasteiger partial charge in [0, 0.05) is 18.0 Å². The van der Waals surface area contributed by atoms with Gasteiger partial charge in [0.05, 0.1) is 11.1 Å². The third kappa shape index (κ3) is 1.99. The van der Waals surface area contributed by atoms with Crippen LogP contribution in [0.5, 0.6) is 0 Å². The first-order valence-electron chi connectivity index (χ1n) is 5.61. The molecule has 5 heteroatoms. The number of carbonyl (C=O) groups is 1. The van der Waals surface area contributed by atoms with Crippen LogP contribution in [0.1, 0.15) is 23.7 Å². The number of aromatic carboxylic acids is 1. The van der Waals surface area contributed by atoms with Crippen LogP contribution in [0.3, 0.4) is 0 Å². The second kappa shape index (κ2) is 4.60. The van der Waals surface area contributed by atoms with Gasteiger partial charge in [-0.1, -0.05) is 6.92 Å². The Labute approximate surface area is 102 Å². The summed E-state index contributed by atoms with van der Waals surface area (Å²) in [6, 6.07) is 5.07. The van der Waals surface area contributed by atoms with Crippen molar-refractivity contribution in [1.82, 2.24) is 4.57 Å². The second-order valence-electron chi connectivity index (χ2n) is 4.02. The summed E-state index contributed by atoms with van der Waals surface area (Å²) in [5.41, 5.74) is -0.248. The van der Waals surface area contributed by atoms with Gasteiger partial charge in [0.1, 0.15) is 5.82 Å². The third-order valence-corrected chi connectivity index (χ3v) is 2.73. The highest BCUT2D eigenvalue weighted by molar-refractivity contribution is 5.93. The number of nitrogens with zero attached hydrogens (tertiary/aromatic N) is 1. The van der Waals surface area contributed by atoms with Crippen LogP contribution in [-0.2, 0) is 6.54 Å². The van der Waals surface area contributed by atoms with E-state index in [1.54, 1.807) is 0 Å². The standard InChI is InChI=1S/C13H12FNO3/c1-2-5-15-11(16)4-3-8-6-9(13(17)18)7-10(14)12(8)15/h3-4,6-7H,2,5H2,1H3,(H,17,18). The van der Waals surface area contributed by atoms with Crippen LogP contribution in [0.2, 0.25) is 0 Å². The highest BCUT2D eigenvalue weighted by atomic mass is 19.1. The molecule has 0 saturated carbocycles. The van der Waals surface area contributed by atoms with E-state index in [1.165, 1.54) is 22.8 Å². The minimum atomic E-state index is -1.19. The van der Waals surface area contributed by atoms with Gasteiger partial charge in [0.25, 0.3) is 5.56 Å². The summed E-state index contributed by atoms with van der Waals surface area (Å²) in [7, 11) is 0. The molecule has 1 N–H and O–H groups in total. The van der Waals surface area contributed by atoms with Crippen molar-refractivity contribution in [2.75, 3.05) is 0 Å². The summed E-state index contributed by atoms with van der Waals surface area (Å²) in [5.74, 6) is -1.87. The van der Waals surface area contributed by atoms with Crippen LogP contribution in [0.15, 0.2) is 29.1 Å². The fraction of sp³-hybridized carbons (Fsp3) is 0.231. The molecule has 0 aliphatic carbocycles. The van der Waals surface area contributed by atoms with Crippen LogP contribution in [0, 0.1) is 5.82 Å². The van der Waals surface area contributed by atoms with Crippen molar-refractivity contribution in [3.63, 3.8) is 0 Å². The van der Waals surface area contributed by atoms with E-state index in [0.717, 1.165) is 6.07 Å². The van der Waals surface area contributed by atoms with E-state index in [-0.39, 0.29) is 16.6 Å². The van der Waals surface area contributed by atoms with E-state index in [1.807, 2.05) is 6.92 Å². The van der Waals surface area contributed by atoms with Crippen LogP contribution in [0.4, 0.5) is 4.39 Å². The number of carboxylic acid groups (broad SMARTS) is 1. The van der Waals surface area contributed by atoms with E-state index >= 15 is 0 Å². The SMILES string of the molecule is CCCn1c(=O)ccc2cc(C(=O)O)cc(F)c21. The van der Waals surface area contributed by atoms with Crippen molar-refractivity contribution in [2.45, 2.75) is 19.9 Å². The summed E-state index contributed by atoms with van der Waals surface area (Å²) in [6.45, 7) is 2.29. The van der Waals surface area contributed by atoms with Gasteiger partial charge in [-0.2, -0.15) is 0 Å². The Kier molecular flexibility index (Phi) is 3.14. The predicted molar refractivity (Wildman–Crippen MR) is 65.4 cm³/mol. The zero-order valence-corrected chi connectivity index (χ0v) is 9.81. The smallest absolute Gasteiger partial charge is 0.335 e. The summed E-state index contributed by atoms with van der Waals surface area (Å²) >= 11 is 0. The molecule has 0 aliphatic heterocycles. The van der Waals surface area contributed by atoms with Gasteiger partial charge in [-0.25, -0.2) is 9.18 Å². The number of aromatic nitrogens is 1. The normalized spacial score (nSPS) is 10.8. The maximum Gasteiger partial charge on any atom is 0.335 e. The number of pyridine rings is 1. The molecule has 0 bridgehead atoms. The average molecular weight is 249 g/mol. The van der Waals surface area contributed by atoms with Crippen LogP contribution >= 0.6 is 0 Å². The molecule has 1 aromatic carbocycles. The Bertz CT molecular complexity index is 676. The fourth-order valence-electron chi connectivity index (χ4n) is 1.96. The Balaban J connectivity index is 2.82. The molecule has 0 spiro atoms. The molecule has 1 aromatic heterocycles. The number of aryl methyl sites for hydroxylation is 1. The molecule has 0 saturated heterocycles. The van der Waals surface area contributed by atoms with Gasteiger partial charge < -0.3 is 9.67 Å². The molecule has 0 atom stereocenters. The summed E-state index contributed by atoms with van der Waals surface area (Å²) in [6.07, 6.45) is 0.694. The van der Waals surface area contributed by atoms with E-state index in [0.29, 0.717) is 18.4 Å². The molecule has 0 radical (unpaired) electrons. The lowest BCUT2D eigenvalue weighted by Crippen LogP contribution is -2.20. The lowest BCUT2D eigenvalue weighted by Gasteiger charge is -2.10. The number of benzene rings is 1. The highest BCUT2D eigenvalue weighted by Gasteiger charge is 2.12. The number of fused-ring (bicyclic) bond motifs is 1. The highest BCUT2D eigenvalue weighted by Crippen LogP contribution is 2.19. The lowest BCUT2D eigenvalue weighted by atomic mass is 10.1. The van der Waals surface area contributed by atoms with Crippen molar-refractivity contribution >= 4 is 16.9 Å². The quantitative estimate of drug-likeness (QED) is 0.907. The molecule has 0 unspecified atom stereocenters. The molecule has 2 rings (SSSR count). The number of halogens is 1. The molecule has 94 valence electrons. The molecule has 1 heterocycles. The second-order valence-corrected chi connectivity index (χ2v) is 4.02. The van der Waals surface area contributed by atoms with Crippen molar-refractivity contribution in [3.05, 3.63) is 46.0 Å². The number of hydrogen-bond donors (Lipinski definition) is 1. The molecule has 2 aromatic rings. The Hall–Kier alpha value is -2.17. The number of carboxylic acids is 1. The first-order chi connectivity index (χ1) is 8.54. The van der Waals surface area contributed by atoms with Gasteiger partial charge >= 0.3 is 5.97 Å². The molecular formula is C13H12FNO3. The van der Waals surface area contributed by atoms with Crippen molar-refractivity contribution < 1.29 is 14.3 Å². The van der Waals surface area contributed by atoms with Gasteiger partial charge in [-0.05, 0) is 24.6 Å². The third-order valence-electron chi connectivity index (χ3n) is 2.73. The summed E-state index contributed by atoms with van der Waals surface area (Å²) in [5, 5.41) is 9.28. The molecule has 4 nitrogen and oxygen atoms in total. The largest absolute Gasteiger partial charge is 0.478 e. The monoisotopic (exact) mass is 249 g/mol. The van der Waals surface area contributed by atoms with Crippen LogP contribution in [-0.4, -0.2) is 15.6 Å². The van der Waals surface area contributed by atoms with Gasteiger partial charge in [0.2, 0.25) is 0 Å². The number of rotatable bonds is 3. The first-order valence-corrected chi connectivity index (χ1v) is 5.61. The number of hydrogen-bond acceptors (Lipinski definition) is 2. The van der Waals surface area contributed by atoms with Gasteiger partial charge in [-0.3, -0.25) is 4.79 Å². The molecule has 0 aliphatic rings. The summed E-state index contributed by atoms with van der Waals surface area (Å²) in [4.78, 5) is 22.5. The molecule has 0 amide bonds. The average Bonchev–Trinajstić information content (AvgIpc) is 2.32. The Morgan fingerprint density at radius 3 is 2.72 bits per heavy atom. The minimum Gasteiger partial charge on any atom is -0.478 e. The zero-order chi connectivity index (χ0) is 13.3. The minimum absolute atomic E-state index is 0.123. The van der Waals surface area contributed by atoms with Gasteiger partial charge in [-0.15, -0.1) is 0 Å². The van der Waals surface area contributed by atoms with Crippen molar-refractivity contribution in [2.24, 2.45) is 0 Å². The zero-order valence-electron chi connectivity index (χ0n) is 9.81. The fourth-order valence-corrected chi connectivity index (χ4v) is 1.96. The Morgan fingerprint density at radius 2 is 2.11 bits per heavy atom. The van der Waals surface area contributed by atoms with E-state index in [2.05, 4.69) is 0 Å². The van der Waals surface area contributed by atoms with E-state index in [9.17, 15) is 14.0 Å². The summed E-state index contributed by atoms with van der Waals surface area (Å²) < 4.78 is 15.3. The van der Waals surface area contributed by atoms with E-state index < -0.39 is 11.8 Å². The molecule has 18 heavy (non-hydrogen) atoms. The lowest BCUT2D eigenvalue weighted by molar-refractivity contribution is 0.0696. The van der Waals surface area contributed by atoms with Gasteiger partial charge in [0.15, 0.2) is 0 Å². The maximum atomic E-state index is 13.9. The molecular weight excluding hydrogens is 237 g/mol.